The monoisotopic (exact) mass is 409 g/mol. The third-order valence-corrected chi connectivity index (χ3v) is 4.66. The standard InChI is InChI=1S/C21H19N3O4S/c1-29-17-9-5-8-16(12-17)22-19(25)14-28-21(27)18-10-11-20(26)24(23-18)13-15-6-3-2-4-7-15/h2-12H,13-14H2,1H3,(H,22,25). The van der Waals surface area contributed by atoms with Crippen molar-refractivity contribution in [3.05, 3.63) is 88.3 Å². The van der Waals surface area contributed by atoms with Crippen LogP contribution in [0.3, 0.4) is 0 Å². The third-order valence-electron chi connectivity index (χ3n) is 3.94. The second-order valence-corrected chi connectivity index (χ2v) is 6.94. The predicted molar refractivity (Wildman–Crippen MR) is 111 cm³/mol. The fourth-order valence-corrected chi connectivity index (χ4v) is 2.99. The van der Waals surface area contributed by atoms with Crippen LogP contribution in [0, 0.1) is 0 Å². The van der Waals surface area contributed by atoms with E-state index in [0.29, 0.717) is 5.69 Å². The normalized spacial score (nSPS) is 10.4. The number of hydrogen-bond acceptors (Lipinski definition) is 6. The van der Waals surface area contributed by atoms with Crippen molar-refractivity contribution in [1.29, 1.82) is 0 Å². The summed E-state index contributed by atoms with van der Waals surface area (Å²) < 4.78 is 6.21. The summed E-state index contributed by atoms with van der Waals surface area (Å²) in [5.74, 6) is -1.24. The Morgan fingerprint density at radius 2 is 1.86 bits per heavy atom. The van der Waals surface area contributed by atoms with Crippen LogP contribution in [0.1, 0.15) is 16.1 Å². The van der Waals surface area contributed by atoms with E-state index in [1.54, 1.807) is 17.8 Å². The smallest absolute Gasteiger partial charge is 0.359 e. The van der Waals surface area contributed by atoms with Crippen LogP contribution >= 0.6 is 11.8 Å². The maximum atomic E-state index is 12.2. The minimum atomic E-state index is -0.778. The lowest BCUT2D eigenvalue weighted by atomic mass is 10.2. The van der Waals surface area contributed by atoms with Crippen molar-refractivity contribution in [2.24, 2.45) is 0 Å². The second kappa shape index (κ2) is 9.70. The number of anilines is 1. The van der Waals surface area contributed by atoms with Crippen molar-refractivity contribution in [2.45, 2.75) is 11.4 Å². The van der Waals surface area contributed by atoms with Crippen LogP contribution in [0.5, 0.6) is 0 Å². The quantitative estimate of drug-likeness (QED) is 0.477. The van der Waals surface area contributed by atoms with E-state index in [-0.39, 0.29) is 17.8 Å². The van der Waals surface area contributed by atoms with Gasteiger partial charge in [0, 0.05) is 16.6 Å². The Morgan fingerprint density at radius 3 is 2.62 bits per heavy atom. The molecule has 0 spiro atoms. The number of ether oxygens (including phenoxy) is 1. The van der Waals surface area contributed by atoms with Crippen molar-refractivity contribution in [1.82, 2.24) is 9.78 Å². The van der Waals surface area contributed by atoms with Gasteiger partial charge in [-0.2, -0.15) is 5.10 Å². The fraction of sp³-hybridized carbons (Fsp3) is 0.143. The number of hydrogen-bond donors (Lipinski definition) is 1. The zero-order valence-corrected chi connectivity index (χ0v) is 16.5. The van der Waals surface area contributed by atoms with E-state index in [4.69, 9.17) is 4.74 Å². The van der Waals surface area contributed by atoms with E-state index in [2.05, 4.69) is 10.4 Å². The summed E-state index contributed by atoms with van der Waals surface area (Å²) in [6.45, 7) is -0.227. The maximum Gasteiger partial charge on any atom is 0.359 e. The van der Waals surface area contributed by atoms with Crippen molar-refractivity contribution in [3.8, 4) is 0 Å². The molecule has 0 saturated heterocycles. The molecule has 3 rings (SSSR count). The largest absolute Gasteiger partial charge is 0.451 e. The van der Waals surface area contributed by atoms with Crippen LogP contribution in [0.2, 0.25) is 0 Å². The summed E-state index contributed by atoms with van der Waals surface area (Å²) in [4.78, 5) is 37.3. The first kappa shape index (κ1) is 20.3. The molecule has 0 bridgehead atoms. The first-order valence-corrected chi connectivity index (χ1v) is 10.0. The number of nitrogens with one attached hydrogen (secondary N) is 1. The minimum Gasteiger partial charge on any atom is -0.451 e. The van der Waals surface area contributed by atoms with E-state index in [1.165, 1.54) is 16.8 Å². The van der Waals surface area contributed by atoms with E-state index < -0.39 is 18.5 Å². The van der Waals surface area contributed by atoms with Gasteiger partial charge in [0.2, 0.25) is 0 Å². The van der Waals surface area contributed by atoms with Gasteiger partial charge >= 0.3 is 5.97 Å². The van der Waals surface area contributed by atoms with Crippen LogP contribution in [0.15, 0.2) is 76.4 Å². The van der Waals surface area contributed by atoms with E-state index in [1.807, 2.05) is 54.8 Å². The number of carbonyl (C=O) groups is 2. The topological polar surface area (TPSA) is 90.3 Å². The molecule has 1 amide bonds. The highest BCUT2D eigenvalue weighted by Crippen LogP contribution is 2.18. The number of carbonyl (C=O) groups excluding carboxylic acids is 2. The van der Waals surface area contributed by atoms with Gasteiger partial charge in [-0.3, -0.25) is 9.59 Å². The molecule has 1 aromatic heterocycles. The van der Waals surface area contributed by atoms with E-state index in [0.717, 1.165) is 10.5 Å². The molecule has 2 aromatic carbocycles. The summed E-state index contributed by atoms with van der Waals surface area (Å²) in [7, 11) is 0. The summed E-state index contributed by atoms with van der Waals surface area (Å²) >= 11 is 1.56. The summed E-state index contributed by atoms with van der Waals surface area (Å²) in [5.41, 5.74) is 1.11. The summed E-state index contributed by atoms with van der Waals surface area (Å²) in [6.07, 6.45) is 1.94. The molecule has 0 aliphatic carbocycles. The lowest BCUT2D eigenvalue weighted by molar-refractivity contribution is -0.119. The lowest BCUT2D eigenvalue weighted by Gasteiger charge is -2.09. The molecule has 1 N–H and O–H groups in total. The summed E-state index contributed by atoms with van der Waals surface area (Å²) in [6, 6.07) is 19.2. The number of esters is 1. The molecule has 0 aliphatic heterocycles. The Kier molecular flexibility index (Phi) is 6.80. The SMILES string of the molecule is CSc1cccc(NC(=O)COC(=O)c2ccc(=O)n(Cc3ccccc3)n2)c1. The van der Waals surface area contributed by atoms with Gasteiger partial charge in [0.15, 0.2) is 12.3 Å². The van der Waals surface area contributed by atoms with Crippen molar-refractivity contribution >= 4 is 29.3 Å². The molecule has 0 radical (unpaired) electrons. The Labute approximate surface area is 171 Å². The molecular formula is C21H19N3O4S. The van der Waals surface area contributed by atoms with E-state index in [9.17, 15) is 14.4 Å². The number of amides is 1. The van der Waals surface area contributed by atoms with Crippen molar-refractivity contribution in [3.63, 3.8) is 0 Å². The summed E-state index contributed by atoms with van der Waals surface area (Å²) in [5, 5.41) is 6.72. The van der Waals surface area contributed by atoms with Crippen molar-refractivity contribution < 1.29 is 14.3 Å². The van der Waals surface area contributed by atoms with Gasteiger partial charge in [0.25, 0.3) is 11.5 Å². The maximum absolute atomic E-state index is 12.2. The molecular weight excluding hydrogens is 390 g/mol. The highest BCUT2D eigenvalue weighted by Gasteiger charge is 2.14. The van der Waals surface area contributed by atoms with Crippen LogP contribution in [0.25, 0.3) is 0 Å². The van der Waals surface area contributed by atoms with Gasteiger partial charge in [-0.25, -0.2) is 9.48 Å². The third kappa shape index (κ3) is 5.79. The van der Waals surface area contributed by atoms with Gasteiger partial charge in [-0.1, -0.05) is 36.4 Å². The molecule has 0 aliphatic rings. The van der Waals surface area contributed by atoms with Crippen LogP contribution in [-0.4, -0.2) is 34.5 Å². The van der Waals surface area contributed by atoms with E-state index >= 15 is 0 Å². The van der Waals surface area contributed by atoms with Crippen molar-refractivity contribution in [2.75, 3.05) is 18.2 Å². The minimum absolute atomic E-state index is 0.0438. The highest BCUT2D eigenvalue weighted by atomic mass is 32.2. The zero-order chi connectivity index (χ0) is 20.6. The van der Waals surface area contributed by atoms with Crippen LogP contribution in [-0.2, 0) is 16.1 Å². The molecule has 7 nitrogen and oxygen atoms in total. The van der Waals surface area contributed by atoms with Gasteiger partial charge in [0.1, 0.15) is 0 Å². The first-order valence-electron chi connectivity index (χ1n) is 8.78. The van der Waals surface area contributed by atoms with Crippen LogP contribution in [0.4, 0.5) is 5.69 Å². The zero-order valence-electron chi connectivity index (χ0n) is 15.7. The van der Waals surface area contributed by atoms with Gasteiger partial charge in [-0.05, 0) is 36.1 Å². The van der Waals surface area contributed by atoms with Gasteiger partial charge < -0.3 is 10.1 Å². The number of benzene rings is 2. The Morgan fingerprint density at radius 1 is 1.07 bits per heavy atom. The molecule has 8 heteroatoms. The molecule has 0 saturated carbocycles. The molecule has 148 valence electrons. The average molecular weight is 409 g/mol. The number of thioether (sulfide) groups is 1. The molecule has 0 fully saturated rings. The predicted octanol–water partition coefficient (Wildman–Crippen LogP) is 2.81. The van der Waals surface area contributed by atoms with Gasteiger partial charge in [0.05, 0.1) is 6.54 Å². The van der Waals surface area contributed by atoms with Crippen LogP contribution < -0.4 is 10.9 Å². The fourth-order valence-electron chi connectivity index (χ4n) is 2.53. The molecule has 0 atom stereocenters. The first-order chi connectivity index (χ1) is 14.0. The highest BCUT2D eigenvalue weighted by molar-refractivity contribution is 7.98. The molecule has 29 heavy (non-hydrogen) atoms. The number of nitrogens with zero attached hydrogens (tertiary/aromatic N) is 2. The number of rotatable bonds is 7. The Bertz CT molecular complexity index is 1070. The average Bonchev–Trinajstić information content (AvgIpc) is 2.74. The number of aromatic nitrogens is 2. The van der Waals surface area contributed by atoms with Gasteiger partial charge in [-0.15, -0.1) is 11.8 Å². The Hall–Kier alpha value is -3.39. The Balaban J connectivity index is 1.61. The molecule has 3 aromatic rings. The lowest BCUT2D eigenvalue weighted by Crippen LogP contribution is -2.26. The second-order valence-electron chi connectivity index (χ2n) is 6.06. The molecule has 1 heterocycles. The molecule has 0 unspecified atom stereocenters.